The molecule has 0 aromatic heterocycles. The van der Waals surface area contributed by atoms with E-state index in [1.807, 2.05) is 24.3 Å². The van der Waals surface area contributed by atoms with Gasteiger partial charge in [0.1, 0.15) is 0 Å². The standard InChI is InChI=1S/C13H15NO2/c1-10(6-7-14)13(15)12-5-3-4-11(8-12)9-16-2/h3-5,8,10H,6,9H2,1-2H3. The van der Waals surface area contributed by atoms with Gasteiger partial charge in [-0.05, 0) is 11.6 Å². The molecule has 0 fully saturated rings. The summed E-state index contributed by atoms with van der Waals surface area (Å²) in [7, 11) is 1.62. The van der Waals surface area contributed by atoms with Crippen molar-refractivity contribution in [1.29, 1.82) is 5.26 Å². The van der Waals surface area contributed by atoms with E-state index in [9.17, 15) is 4.79 Å². The molecule has 0 N–H and O–H groups in total. The highest BCUT2D eigenvalue weighted by molar-refractivity contribution is 5.97. The molecule has 0 amide bonds. The van der Waals surface area contributed by atoms with Crippen molar-refractivity contribution in [3.63, 3.8) is 0 Å². The van der Waals surface area contributed by atoms with E-state index in [1.165, 1.54) is 0 Å². The number of ketones is 1. The third-order valence-electron chi connectivity index (χ3n) is 2.37. The van der Waals surface area contributed by atoms with Crippen LogP contribution in [0.5, 0.6) is 0 Å². The van der Waals surface area contributed by atoms with Gasteiger partial charge in [-0.2, -0.15) is 5.26 Å². The highest BCUT2D eigenvalue weighted by Crippen LogP contribution is 2.13. The summed E-state index contributed by atoms with van der Waals surface area (Å²) >= 11 is 0. The van der Waals surface area contributed by atoms with Crippen LogP contribution in [0.1, 0.15) is 29.3 Å². The number of hydrogen-bond acceptors (Lipinski definition) is 3. The van der Waals surface area contributed by atoms with E-state index in [0.29, 0.717) is 12.2 Å². The molecule has 0 saturated heterocycles. The molecule has 1 aromatic carbocycles. The van der Waals surface area contributed by atoms with Crippen LogP contribution >= 0.6 is 0 Å². The Labute approximate surface area is 95.7 Å². The highest BCUT2D eigenvalue weighted by Gasteiger charge is 2.14. The lowest BCUT2D eigenvalue weighted by Gasteiger charge is -2.07. The number of nitriles is 1. The van der Waals surface area contributed by atoms with Gasteiger partial charge in [0.2, 0.25) is 0 Å². The molecule has 1 atom stereocenters. The zero-order chi connectivity index (χ0) is 12.0. The molecule has 0 aliphatic heterocycles. The van der Waals surface area contributed by atoms with Crippen LogP contribution in [0.2, 0.25) is 0 Å². The molecule has 0 spiro atoms. The van der Waals surface area contributed by atoms with Crippen LogP contribution in [-0.4, -0.2) is 12.9 Å². The van der Waals surface area contributed by atoms with Gasteiger partial charge in [-0.15, -0.1) is 0 Å². The van der Waals surface area contributed by atoms with Crippen LogP contribution in [0.4, 0.5) is 0 Å². The fourth-order valence-electron chi connectivity index (χ4n) is 1.50. The summed E-state index contributed by atoms with van der Waals surface area (Å²) in [5, 5.41) is 8.55. The summed E-state index contributed by atoms with van der Waals surface area (Å²) < 4.78 is 5.01. The molecule has 0 aliphatic carbocycles. The van der Waals surface area contributed by atoms with Gasteiger partial charge in [-0.25, -0.2) is 0 Å². The quantitative estimate of drug-likeness (QED) is 0.712. The number of methoxy groups -OCH3 is 1. The lowest BCUT2D eigenvalue weighted by molar-refractivity contribution is 0.0931. The van der Waals surface area contributed by atoms with Gasteiger partial charge in [0.25, 0.3) is 0 Å². The Morgan fingerprint density at radius 3 is 2.94 bits per heavy atom. The van der Waals surface area contributed by atoms with Crippen molar-refractivity contribution >= 4 is 5.78 Å². The lowest BCUT2D eigenvalue weighted by atomic mass is 9.96. The number of Topliss-reactive ketones (excluding diaryl/α,β-unsaturated/α-hetero) is 1. The van der Waals surface area contributed by atoms with E-state index in [1.54, 1.807) is 20.1 Å². The second-order valence-electron chi connectivity index (χ2n) is 3.76. The SMILES string of the molecule is COCc1cccc(C(=O)C(C)CC#N)c1. The van der Waals surface area contributed by atoms with E-state index in [4.69, 9.17) is 10.00 Å². The van der Waals surface area contributed by atoms with Crippen molar-refractivity contribution in [2.45, 2.75) is 20.0 Å². The van der Waals surface area contributed by atoms with Crippen LogP contribution in [0.25, 0.3) is 0 Å². The molecule has 16 heavy (non-hydrogen) atoms. The van der Waals surface area contributed by atoms with Crippen LogP contribution in [0, 0.1) is 17.2 Å². The van der Waals surface area contributed by atoms with E-state index in [0.717, 1.165) is 5.56 Å². The van der Waals surface area contributed by atoms with Crippen LogP contribution < -0.4 is 0 Å². The molecule has 84 valence electrons. The second-order valence-corrected chi connectivity index (χ2v) is 3.76. The summed E-state index contributed by atoms with van der Waals surface area (Å²) in [6.45, 7) is 2.27. The van der Waals surface area contributed by atoms with E-state index in [2.05, 4.69) is 0 Å². The summed E-state index contributed by atoms with van der Waals surface area (Å²) in [6.07, 6.45) is 0.257. The number of rotatable bonds is 5. The lowest BCUT2D eigenvalue weighted by Crippen LogP contribution is -2.10. The van der Waals surface area contributed by atoms with Crippen molar-refractivity contribution < 1.29 is 9.53 Å². The minimum absolute atomic E-state index is 0.0134. The second kappa shape index (κ2) is 6.04. The van der Waals surface area contributed by atoms with Gasteiger partial charge in [0.15, 0.2) is 5.78 Å². The van der Waals surface area contributed by atoms with Crippen molar-refractivity contribution in [3.8, 4) is 6.07 Å². The first-order valence-electron chi connectivity index (χ1n) is 5.18. The average molecular weight is 217 g/mol. The van der Waals surface area contributed by atoms with Crippen molar-refractivity contribution in [3.05, 3.63) is 35.4 Å². The van der Waals surface area contributed by atoms with Crippen LogP contribution in [0.15, 0.2) is 24.3 Å². The number of hydrogen-bond donors (Lipinski definition) is 0. The first kappa shape index (κ1) is 12.4. The minimum atomic E-state index is -0.247. The molecule has 0 aliphatic rings. The third-order valence-corrected chi connectivity index (χ3v) is 2.37. The number of benzene rings is 1. The molecular weight excluding hydrogens is 202 g/mol. The molecule has 3 heteroatoms. The summed E-state index contributed by atoms with van der Waals surface area (Å²) in [6, 6.07) is 9.35. The van der Waals surface area contributed by atoms with Gasteiger partial charge in [-0.3, -0.25) is 4.79 Å². The molecule has 0 bridgehead atoms. The van der Waals surface area contributed by atoms with Crippen molar-refractivity contribution in [1.82, 2.24) is 0 Å². The molecule has 0 radical (unpaired) electrons. The van der Waals surface area contributed by atoms with Gasteiger partial charge >= 0.3 is 0 Å². The van der Waals surface area contributed by atoms with Crippen LogP contribution in [0.3, 0.4) is 0 Å². The molecule has 0 heterocycles. The van der Waals surface area contributed by atoms with Crippen molar-refractivity contribution in [2.75, 3.05) is 7.11 Å². The van der Waals surface area contributed by atoms with Crippen LogP contribution in [-0.2, 0) is 11.3 Å². The Balaban J connectivity index is 2.83. The maximum Gasteiger partial charge on any atom is 0.166 e. The Bertz CT molecular complexity index is 407. The largest absolute Gasteiger partial charge is 0.380 e. The van der Waals surface area contributed by atoms with E-state index in [-0.39, 0.29) is 18.1 Å². The topological polar surface area (TPSA) is 50.1 Å². The highest BCUT2D eigenvalue weighted by atomic mass is 16.5. The monoisotopic (exact) mass is 217 g/mol. The summed E-state index contributed by atoms with van der Waals surface area (Å²) in [4.78, 5) is 11.9. The molecule has 1 aromatic rings. The zero-order valence-corrected chi connectivity index (χ0v) is 9.56. The van der Waals surface area contributed by atoms with Gasteiger partial charge in [0, 0.05) is 25.0 Å². The average Bonchev–Trinajstić information content (AvgIpc) is 2.29. The predicted octanol–water partition coefficient (Wildman–Crippen LogP) is 2.57. The van der Waals surface area contributed by atoms with E-state index >= 15 is 0 Å². The minimum Gasteiger partial charge on any atom is -0.380 e. The van der Waals surface area contributed by atoms with Gasteiger partial charge < -0.3 is 4.74 Å². The molecule has 0 saturated carbocycles. The Morgan fingerprint density at radius 2 is 2.31 bits per heavy atom. The maximum atomic E-state index is 11.9. The summed E-state index contributed by atoms with van der Waals surface area (Å²) in [5.74, 6) is -0.234. The van der Waals surface area contributed by atoms with E-state index < -0.39 is 0 Å². The summed E-state index contributed by atoms with van der Waals surface area (Å²) in [5.41, 5.74) is 1.62. The number of carbonyl (C=O) groups excluding carboxylic acids is 1. The molecule has 3 nitrogen and oxygen atoms in total. The number of ether oxygens (including phenoxy) is 1. The first-order chi connectivity index (χ1) is 7.69. The van der Waals surface area contributed by atoms with Gasteiger partial charge in [-0.1, -0.05) is 25.1 Å². The van der Waals surface area contributed by atoms with Gasteiger partial charge in [0.05, 0.1) is 12.7 Å². The zero-order valence-electron chi connectivity index (χ0n) is 9.56. The third kappa shape index (κ3) is 3.18. The van der Waals surface area contributed by atoms with Crippen molar-refractivity contribution in [2.24, 2.45) is 5.92 Å². The predicted molar refractivity (Wildman–Crippen MR) is 60.9 cm³/mol. The maximum absolute atomic E-state index is 11.9. The first-order valence-corrected chi connectivity index (χ1v) is 5.18. The molecular formula is C13H15NO2. The number of carbonyl (C=O) groups is 1. The smallest absolute Gasteiger partial charge is 0.166 e. The number of nitrogens with zero attached hydrogens (tertiary/aromatic N) is 1. The molecule has 1 unspecified atom stereocenters. The Morgan fingerprint density at radius 1 is 1.56 bits per heavy atom. The fourth-order valence-corrected chi connectivity index (χ4v) is 1.50. The molecule has 1 rings (SSSR count). The Hall–Kier alpha value is -1.66. The normalized spacial score (nSPS) is 11.8. The fraction of sp³-hybridized carbons (Fsp3) is 0.385. The Kier molecular flexibility index (Phi) is 4.68.